The van der Waals surface area contributed by atoms with E-state index in [-0.39, 0.29) is 17.1 Å². The summed E-state index contributed by atoms with van der Waals surface area (Å²) in [7, 11) is 0. The van der Waals surface area contributed by atoms with Crippen LogP contribution in [-0.4, -0.2) is 17.7 Å². The molecule has 0 bridgehead atoms. The van der Waals surface area contributed by atoms with Gasteiger partial charge in [0.15, 0.2) is 0 Å². The number of carbonyl (C=O) groups is 2. The molecule has 86 valence electrons. The number of hydrogen-bond acceptors (Lipinski definition) is 2. The Kier molecular flexibility index (Phi) is 5.69. The van der Waals surface area contributed by atoms with Crippen LogP contribution in [0.15, 0.2) is 0 Å². The Labute approximate surface area is 95.6 Å². The lowest BCUT2D eigenvalue weighted by atomic mass is 9.89. The first-order valence-electron chi connectivity index (χ1n) is 5.66. The Hall–Kier alpha value is -0.570. The fourth-order valence-electron chi connectivity index (χ4n) is 1.95. The van der Waals surface area contributed by atoms with Crippen molar-refractivity contribution >= 4 is 22.8 Å². The third-order valence-electron chi connectivity index (χ3n) is 2.83. The first-order valence-corrected chi connectivity index (χ1v) is 6.04. The molecule has 1 N–H and O–H groups in total. The van der Waals surface area contributed by atoms with Crippen LogP contribution in [0.4, 0.5) is 0 Å². The predicted molar refractivity (Wildman–Crippen MR) is 59.7 cm³/mol. The van der Waals surface area contributed by atoms with Crippen LogP contribution in [0.3, 0.4) is 0 Å². The van der Waals surface area contributed by atoms with Crippen LogP contribution < -0.4 is 5.32 Å². The highest BCUT2D eigenvalue weighted by Crippen LogP contribution is 2.23. The van der Waals surface area contributed by atoms with Gasteiger partial charge in [0.1, 0.15) is 0 Å². The molecule has 0 radical (unpaired) electrons. The summed E-state index contributed by atoms with van der Waals surface area (Å²) in [5.74, 6) is 0.349. The fraction of sp³-hybridized carbons (Fsp3) is 0.818. The van der Waals surface area contributed by atoms with E-state index in [1.54, 1.807) is 0 Å². The van der Waals surface area contributed by atoms with E-state index in [9.17, 15) is 9.59 Å². The average Bonchev–Trinajstić information content (AvgIpc) is 2.25. The summed E-state index contributed by atoms with van der Waals surface area (Å²) in [6, 6.07) is 0. The second-order valence-electron chi connectivity index (χ2n) is 4.08. The number of hydrogen-bond donors (Lipinski definition) is 1. The molecule has 1 aliphatic rings. The summed E-state index contributed by atoms with van der Waals surface area (Å²) < 4.78 is 0. The largest absolute Gasteiger partial charge is 0.356 e. The maximum Gasteiger partial charge on any atom is 0.223 e. The van der Waals surface area contributed by atoms with E-state index in [4.69, 9.17) is 11.6 Å². The van der Waals surface area contributed by atoms with E-state index in [1.807, 2.05) is 0 Å². The highest BCUT2D eigenvalue weighted by atomic mass is 35.5. The Morgan fingerprint density at radius 2 is 1.87 bits per heavy atom. The molecule has 0 aromatic carbocycles. The second kappa shape index (κ2) is 6.83. The SMILES string of the molecule is O=C(Cl)CCCNC(=O)C1CCCCC1. The summed E-state index contributed by atoms with van der Waals surface area (Å²) in [5, 5.41) is 2.53. The third-order valence-corrected chi connectivity index (χ3v) is 3.01. The minimum absolute atomic E-state index is 0.150. The van der Waals surface area contributed by atoms with Crippen LogP contribution >= 0.6 is 11.6 Å². The van der Waals surface area contributed by atoms with Crippen LogP contribution in [0, 0.1) is 5.92 Å². The summed E-state index contributed by atoms with van der Waals surface area (Å²) in [6.45, 7) is 0.563. The van der Waals surface area contributed by atoms with Gasteiger partial charge in [-0.3, -0.25) is 9.59 Å². The smallest absolute Gasteiger partial charge is 0.223 e. The van der Waals surface area contributed by atoms with Crippen LogP contribution in [-0.2, 0) is 9.59 Å². The predicted octanol–water partition coefficient (Wildman–Crippen LogP) is 2.23. The molecule has 1 rings (SSSR count). The molecule has 15 heavy (non-hydrogen) atoms. The molecule has 3 nitrogen and oxygen atoms in total. The molecule has 0 aromatic rings. The molecule has 0 aliphatic heterocycles. The van der Waals surface area contributed by atoms with Gasteiger partial charge in [0.2, 0.25) is 11.1 Å². The highest BCUT2D eigenvalue weighted by Gasteiger charge is 2.20. The van der Waals surface area contributed by atoms with E-state index in [0.717, 1.165) is 25.7 Å². The van der Waals surface area contributed by atoms with Gasteiger partial charge in [-0.25, -0.2) is 0 Å². The van der Waals surface area contributed by atoms with E-state index >= 15 is 0 Å². The zero-order chi connectivity index (χ0) is 11.1. The maximum atomic E-state index is 11.6. The first-order chi connectivity index (χ1) is 7.20. The minimum Gasteiger partial charge on any atom is -0.356 e. The number of nitrogens with one attached hydrogen (secondary N) is 1. The van der Waals surface area contributed by atoms with Crippen molar-refractivity contribution in [3.63, 3.8) is 0 Å². The van der Waals surface area contributed by atoms with Gasteiger partial charge in [-0.05, 0) is 30.9 Å². The Bertz CT molecular complexity index is 225. The third kappa shape index (κ3) is 5.17. The molecular weight excluding hydrogens is 214 g/mol. The minimum atomic E-state index is -0.332. The Morgan fingerprint density at radius 1 is 1.20 bits per heavy atom. The molecular formula is C11H18ClNO2. The van der Waals surface area contributed by atoms with Crippen molar-refractivity contribution in [3.05, 3.63) is 0 Å². The lowest BCUT2D eigenvalue weighted by molar-refractivity contribution is -0.126. The van der Waals surface area contributed by atoms with Crippen molar-refractivity contribution in [2.24, 2.45) is 5.92 Å². The average molecular weight is 232 g/mol. The Morgan fingerprint density at radius 3 is 2.47 bits per heavy atom. The Balaban J connectivity index is 2.09. The molecule has 0 aromatic heterocycles. The molecule has 1 aliphatic carbocycles. The van der Waals surface area contributed by atoms with Gasteiger partial charge >= 0.3 is 0 Å². The standard InChI is InChI=1S/C11H18ClNO2/c12-10(14)7-4-8-13-11(15)9-5-2-1-3-6-9/h9H,1-8H2,(H,13,15). The van der Waals surface area contributed by atoms with E-state index in [2.05, 4.69) is 5.32 Å². The summed E-state index contributed by atoms with van der Waals surface area (Å²) in [4.78, 5) is 22.1. The maximum absolute atomic E-state index is 11.6. The molecule has 1 amide bonds. The van der Waals surface area contributed by atoms with Gasteiger partial charge < -0.3 is 5.32 Å². The fourth-order valence-corrected chi connectivity index (χ4v) is 2.08. The van der Waals surface area contributed by atoms with Crippen molar-refractivity contribution < 1.29 is 9.59 Å². The summed E-state index contributed by atoms with van der Waals surface area (Å²) in [5.41, 5.74) is 0. The van der Waals surface area contributed by atoms with E-state index in [0.29, 0.717) is 19.4 Å². The van der Waals surface area contributed by atoms with E-state index < -0.39 is 0 Å². The summed E-state index contributed by atoms with van der Waals surface area (Å²) >= 11 is 5.19. The molecule has 0 saturated heterocycles. The number of amides is 1. The van der Waals surface area contributed by atoms with Crippen molar-refractivity contribution in [2.75, 3.05) is 6.54 Å². The molecule has 1 fully saturated rings. The molecule has 0 unspecified atom stereocenters. The van der Waals surface area contributed by atoms with Gasteiger partial charge in [-0.15, -0.1) is 0 Å². The normalized spacial score (nSPS) is 17.4. The molecule has 1 saturated carbocycles. The first kappa shape index (κ1) is 12.5. The highest BCUT2D eigenvalue weighted by molar-refractivity contribution is 6.63. The van der Waals surface area contributed by atoms with Crippen LogP contribution in [0.5, 0.6) is 0 Å². The van der Waals surface area contributed by atoms with Gasteiger partial charge in [0.05, 0.1) is 0 Å². The summed E-state index contributed by atoms with van der Waals surface area (Å²) in [6.07, 6.45) is 6.59. The molecule has 0 heterocycles. The monoisotopic (exact) mass is 231 g/mol. The molecule has 4 heteroatoms. The lowest BCUT2D eigenvalue weighted by Crippen LogP contribution is -2.32. The quantitative estimate of drug-likeness (QED) is 0.583. The van der Waals surface area contributed by atoms with Gasteiger partial charge in [-0.2, -0.15) is 0 Å². The zero-order valence-electron chi connectivity index (χ0n) is 8.93. The number of rotatable bonds is 5. The van der Waals surface area contributed by atoms with Crippen LogP contribution in [0.2, 0.25) is 0 Å². The molecule has 0 atom stereocenters. The van der Waals surface area contributed by atoms with Crippen molar-refractivity contribution in [3.8, 4) is 0 Å². The van der Waals surface area contributed by atoms with Crippen molar-refractivity contribution in [1.29, 1.82) is 0 Å². The number of carbonyl (C=O) groups excluding carboxylic acids is 2. The topological polar surface area (TPSA) is 46.2 Å². The van der Waals surface area contributed by atoms with Crippen LogP contribution in [0.1, 0.15) is 44.9 Å². The molecule has 0 spiro atoms. The van der Waals surface area contributed by atoms with Crippen molar-refractivity contribution in [2.45, 2.75) is 44.9 Å². The second-order valence-corrected chi connectivity index (χ2v) is 4.51. The van der Waals surface area contributed by atoms with Gasteiger partial charge in [0, 0.05) is 18.9 Å². The van der Waals surface area contributed by atoms with Crippen LogP contribution in [0.25, 0.3) is 0 Å². The van der Waals surface area contributed by atoms with Gasteiger partial charge in [0.25, 0.3) is 0 Å². The van der Waals surface area contributed by atoms with E-state index in [1.165, 1.54) is 6.42 Å². The zero-order valence-corrected chi connectivity index (χ0v) is 9.68. The van der Waals surface area contributed by atoms with Crippen molar-refractivity contribution in [1.82, 2.24) is 5.32 Å². The lowest BCUT2D eigenvalue weighted by Gasteiger charge is -2.20. The number of halogens is 1. The van der Waals surface area contributed by atoms with Gasteiger partial charge in [-0.1, -0.05) is 19.3 Å².